The predicted octanol–water partition coefficient (Wildman–Crippen LogP) is 2.15. The van der Waals surface area contributed by atoms with Crippen LogP contribution < -0.4 is 10.1 Å². The van der Waals surface area contributed by atoms with E-state index < -0.39 is 5.97 Å². The number of nitrogens with one attached hydrogen (secondary N) is 1. The summed E-state index contributed by atoms with van der Waals surface area (Å²) in [7, 11) is 3.48. The molecule has 1 aromatic rings. The zero-order valence-corrected chi connectivity index (χ0v) is 17.3. The molecule has 28 heavy (non-hydrogen) atoms. The van der Waals surface area contributed by atoms with Gasteiger partial charge in [-0.1, -0.05) is 18.2 Å². The summed E-state index contributed by atoms with van der Waals surface area (Å²) >= 11 is 0. The SMILES string of the molecule is CCOC(=O)CNC(=O)N(C)C[C@H]1CCCN(CCc2ccccc2OC)C1. The number of nitrogens with zero attached hydrogens (tertiary/aromatic N) is 2. The van der Waals surface area contributed by atoms with Gasteiger partial charge in [-0.05, 0) is 50.3 Å². The number of hydrogen-bond acceptors (Lipinski definition) is 5. The third-order valence-corrected chi connectivity index (χ3v) is 5.06. The third-order valence-electron chi connectivity index (χ3n) is 5.06. The van der Waals surface area contributed by atoms with Crippen LogP contribution in [0.5, 0.6) is 5.75 Å². The van der Waals surface area contributed by atoms with Crippen molar-refractivity contribution in [2.45, 2.75) is 26.2 Å². The van der Waals surface area contributed by atoms with E-state index in [0.29, 0.717) is 19.1 Å². The van der Waals surface area contributed by atoms with Crippen molar-refractivity contribution in [1.82, 2.24) is 15.1 Å². The number of hydrogen-bond donors (Lipinski definition) is 1. The standard InChI is InChI=1S/C21H33N3O4/c1-4-28-20(25)14-22-21(26)23(2)15-17-8-7-12-24(16-17)13-11-18-9-5-6-10-19(18)27-3/h5-6,9-10,17H,4,7-8,11-16H2,1-3H3,(H,22,26)/t17-/m1/s1. The van der Waals surface area contributed by atoms with E-state index >= 15 is 0 Å². The number of carbonyl (C=O) groups is 2. The molecule has 1 aliphatic heterocycles. The first-order valence-electron chi connectivity index (χ1n) is 10.0. The van der Waals surface area contributed by atoms with Gasteiger partial charge in [-0.3, -0.25) is 4.79 Å². The number of para-hydroxylation sites is 1. The molecule has 7 heteroatoms. The van der Waals surface area contributed by atoms with Crippen molar-refractivity contribution in [3.8, 4) is 5.75 Å². The smallest absolute Gasteiger partial charge is 0.325 e. The largest absolute Gasteiger partial charge is 0.496 e. The van der Waals surface area contributed by atoms with Crippen molar-refractivity contribution in [3.05, 3.63) is 29.8 Å². The Morgan fingerprint density at radius 3 is 2.86 bits per heavy atom. The van der Waals surface area contributed by atoms with Gasteiger partial charge >= 0.3 is 12.0 Å². The summed E-state index contributed by atoms with van der Waals surface area (Å²) < 4.78 is 10.3. The van der Waals surface area contributed by atoms with Crippen molar-refractivity contribution < 1.29 is 19.1 Å². The summed E-state index contributed by atoms with van der Waals surface area (Å²) in [5, 5.41) is 2.61. The monoisotopic (exact) mass is 391 g/mol. The van der Waals surface area contributed by atoms with E-state index in [2.05, 4.69) is 16.3 Å². The van der Waals surface area contributed by atoms with Gasteiger partial charge in [0.05, 0.1) is 13.7 Å². The molecule has 1 N–H and O–H groups in total. The molecule has 0 radical (unpaired) electrons. The first kappa shape index (κ1) is 22.0. The van der Waals surface area contributed by atoms with Gasteiger partial charge in [-0.2, -0.15) is 0 Å². The van der Waals surface area contributed by atoms with Crippen molar-refractivity contribution in [2.75, 3.05) is 53.5 Å². The van der Waals surface area contributed by atoms with Crippen LogP contribution in [0.15, 0.2) is 24.3 Å². The van der Waals surface area contributed by atoms with Crippen LogP contribution in [0.1, 0.15) is 25.3 Å². The number of amides is 2. The van der Waals surface area contributed by atoms with Crippen molar-refractivity contribution in [2.24, 2.45) is 5.92 Å². The molecule has 0 unspecified atom stereocenters. The zero-order valence-electron chi connectivity index (χ0n) is 17.3. The fourth-order valence-electron chi connectivity index (χ4n) is 3.66. The highest BCUT2D eigenvalue weighted by Crippen LogP contribution is 2.21. The number of carbonyl (C=O) groups excluding carboxylic acids is 2. The zero-order chi connectivity index (χ0) is 20.4. The lowest BCUT2D eigenvalue weighted by Gasteiger charge is -2.34. The number of methoxy groups -OCH3 is 1. The normalized spacial score (nSPS) is 17.0. The van der Waals surface area contributed by atoms with Crippen molar-refractivity contribution in [3.63, 3.8) is 0 Å². The van der Waals surface area contributed by atoms with E-state index in [1.54, 1.807) is 26.0 Å². The molecule has 0 saturated carbocycles. The van der Waals surface area contributed by atoms with E-state index in [1.165, 1.54) is 5.56 Å². The average molecular weight is 392 g/mol. The number of piperidine rings is 1. The number of likely N-dealkylation sites (tertiary alicyclic amines) is 1. The van der Waals surface area contributed by atoms with E-state index in [1.807, 2.05) is 18.2 Å². The number of ether oxygens (including phenoxy) is 2. The van der Waals surface area contributed by atoms with Gasteiger partial charge in [0, 0.05) is 26.7 Å². The predicted molar refractivity (Wildman–Crippen MR) is 109 cm³/mol. The van der Waals surface area contributed by atoms with Crippen LogP contribution in [0.4, 0.5) is 4.79 Å². The average Bonchev–Trinajstić information content (AvgIpc) is 2.71. The quantitative estimate of drug-likeness (QED) is 0.653. The molecule has 7 nitrogen and oxygen atoms in total. The van der Waals surface area contributed by atoms with Crippen LogP contribution in [0, 0.1) is 5.92 Å². The third kappa shape index (κ3) is 7.03. The maximum Gasteiger partial charge on any atom is 0.325 e. The number of benzene rings is 1. The van der Waals surface area contributed by atoms with Gasteiger partial charge in [-0.15, -0.1) is 0 Å². The molecule has 2 amide bonds. The second kappa shape index (κ2) is 11.5. The Balaban J connectivity index is 1.76. The molecule has 1 atom stereocenters. The topological polar surface area (TPSA) is 71.1 Å². The van der Waals surface area contributed by atoms with Crippen LogP contribution in [0.3, 0.4) is 0 Å². The summed E-state index contributed by atoms with van der Waals surface area (Å²) in [6, 6.07) is 7.90. The van der Waals surface area contributed by atoms with Gasteiger partial charge < -0.3 is 24.6 Å². The number of esters is 1. The van der Waals surface area contributed by atoms with Crippen LogP contribution in [-0.4, -0.2) is 75.3 Å². The molecule has 1 heterocycles. The minimum Gasteiger partial charge on any atom is -0.496 e. The molecule has 1 fully saturated rings. The summed E-state index contributed by atoms with van der Waals surface area (Å²) in [4.78, 5) is 27.7. The number of rotatable bonds is 9. The fraction of sp³-hybridized carbons (Fsp3) is 0.619. The molecule has 1 saturated heterocycles. The van der Waals surface area contributed by atoms with Gasteiger partial charge in [-0.25, -0.2) is 4.79 Å². The van der Waals surface area contributed by atoms with Gasteiger partial charge in [0.1, 0.15) is 12.3 Å². The highest BCUT2D eigenvalue weighted by molar-refractivity contribution is 5.80. The lowest BCUT2D eigenvalue weighted by Crippen LogP contribution is -2.46. The van der Waals surface area contributed by atoms with Crippen molar-refractivity contribution in [1.29, 1.82) is 0 Å². The Morgan fingerprint density at radius 1 is 1.32 bits per heavy atom. The van der Waals surface area contributed by atoms with Crippen LogP contribution in [0.2, 0.25) is 0 Å². The molecule has 0 spiro atoms. The lowest BCUT2D eigenvalue weighted by molar-refractivity contribution is -0.141. The molecule has 1 aromatic carbocycles. The molecule has 0 bridgehead atoms. The molecule has 0 aliphatic carbocycles. The van der Waals surface area contributed by atoms with E-state index in [9.17, 15) is 9.59 Å². The van der Waals surface area contributed by atoms with Crippen LogP contribution >= 0.6 is 0 Å². The first-order chi connectivity index (χ1) is 13.5. The van der Waals surface area contributed by atoms with E-state index in [0.717, 1.165) is 44.6 Å². The Kier molecular flexibility index (Phi) is 9.07. The molecule has 0 aromatic heterocycles. The van der Waals surface area contributed by atoms with Crippen LogP contribution in [0.25, 0.3) is 0 Å². The number of urea groups is 1. The molecular formula is C21H33N3O4. The van der Waals surface area contributed by atoms with Crippen LogP contribution in [-0.2, 0) is 16.0 Å². The van der Waals surface area contributed by atoms with Crippen molar-refractivity contribution >= 4 is 12.0 Å². The van der Waals surface area contributed by atoms with Gasteiger partial charge in [0.2, 0.25) is 0 Å². The second-order valence-corrected chi connectivity index (χ2v) is 7.21. The highest BCUT2D eigenvalue weighted by Gasteiger charge is 2.23. The molecular weight excluding hydrogens is 358 g/mol. The Bertz CT molecular complexity index is 638. The van der Waals surface area contributed by atoms with Gasteiger partial charge in [0.25, 0.3) is 0 Å². The molecule has 156 valence electrons. The van der Waals surface area contributed by atoms with Gasteiger partial charge in [0.15, 0.2) is 0 Å². The fourth-order valence-corrected chi connectivity index (χ4v) is 3.66. The Morgan fingerprint density at radius 2 is 2.11 bits per heavy atom. The maximum atomic E-state index is 12.2. The summed E-state index contributed by atoms with van der Waals surface area (Å²) in [5.41, 5.74) is 1.22. The summed E-state index contributed by atoms with van der Waals surface area (Å²) in [6.45, 7) is 5.70. The van der Waals surface area contributed by atoms with E-state index in [4.69, 9.17) is 9.47 Å². The molecule has 2 rings (SSSR count). The summed E-state index contributed by atoms with van der Waals surface area (Å²) in [6.07, 6.45) is 3.20. The summed E-state index contributed by atoms with van der Waals surface area (Å²) in [5.74, 6) is 0.961. The van der Waals surface area contributed by atoms with E-state index in [-0.39, 0.29) is 12.6 Å². The second-order valence-electron chi connectivity index (χ2n) is 7.21. The minimum atomic E-state index is -0.413. The minimum absolute atomic E-state index is 0.0906. The first-order valence-corrected chi connectivity index (χ1v) is 10.0. The molecule has 1 aliphatic rings. The highest BCUT2D eigenvalue weighted by atomic mass is 16.5. The Hall–Kier alpha value is -2.28. The maximum absolute atomic E-state index is 12.2. The Labute approximate surface area is 168 Å². The lowest BCUT2D eigenvalue weighted by atomic mass is 9.97.